The molecule has 8 heteroatoms. The Morgan fingerprint density at radius 3 is 1.60 bits per heavy atom. The zero-order valence-electron chi connectivity index (χ0n) is 7.54. The summed E-state index contributed by atoms with van der Waals surface area (Å²) in [6.07, 6.45) is -13.7. The van der Waals surface area contributed by atoms with E-state index >= 15 is 0 Å². The minimum Gasteiger partial charge on any atom is -0.481 e. The Kier molecular flexibility index (Phi) is 3.65. The average molecular weight is 238 g/mol. The monoisotopic (exact) mass is 238 g/mol. The van der Waals surface area contributed by atoms with Crippen LogP contribution >= 0.6 is 0 Å². The molecule has 1 N–H and O–H groups in total. The van der Waals surface area contributed by atoms with Gasteiger partial charge >= 0.3 is 18.3 Å². The highest BCUT2D eigenvalue weighted by atomic mass is 19.4. The van der Waals surface area contributed by atoms with E-state index in [9.17, 15) is 31.1 Å². The first-order valence-electron chi connectivity index (χ1n) is 3.77. The molecule has 15 heavy (non-hydrogen) atoms. The summed E-state index contributed by atoms with van der Waals surface area (Å²) in [5.41, 5.74) is -3.97. The maximum absolute atomic E-state index is 12.1. The molecule has 0 unspecified atom stereocenters. The van der Waals surface area contributed by atoms with Gasteiger partial charge in [0.15, 0.2) is 5.41 Å². The quantitative estimate of drug-likeness (QED) is 0.767. The number of hydrogen-bond donors (Lipinski definition) is 1. The molecule has 2 nitrogen and oxygen atoms in total. The van der Waals surface area contributed by atoms with Crippen LogP contribution in [0.4, 0.5) is 26.3 Å². The van der Waals surface area contributed by atoms with Gasteiger partial charge in [0.1, 0.15) is 0 Å². The Hall–Kier alpha value is -0.950. The van der Waals surface area contributed by atoms with Gasteiger partial charge in [-0.1, -0.05) is 0 Å². The molecule has 0 radical (unpaired) electrons. The molecule has 0 bridgehead atoms. The summed E-state index contributed by atoms with van der Waals surface area (Å²) in [5, 5.41) is 8.07. The summed E-state index contributed by atoms with van der Waals surface area (Å²) in [6, 6.07) is 0. The van der Waals surface area contributed by atoms with E-state index in [-0.39, 0.29) is 6.92 Å². The van der Waals surface area contributed by atoms with E-state index in [0.717, 1.165) is 0 Å². The SMILES string of the molecule is CC(CCC(=O)O)(C(F)(F)F)C(F)(F)F. The van der Waals surface area contributed by atoms with Crippen LogP contribution in [-0.4, -0.2) is 23.4 Å². The van der Waals surface area contributed by atoms with Gasteiger partial charge in [0.2, 0.25) is 0 Å². The maximum atomic E-state index is 12.1. The second kappa shape index (κ2) is 3.90. The predicted octanol–water partition coefficient (Wildman–Crippen LogP) is 2.98. The molecule has 0 amide bonds. The fourth-order valence-electron chi connectivity index (χ4n) is 0.801. The third-order valence-corrected chi connectivity index (χ3v) is 2.09. The van der Waals surface area contributed by atoms with Crippen molar-refractivity contribution < 1.29 is 36.2 Å². The molecule has 0 aromatic rings. The molecule has 0 fully saturated rings. The van der Waals surface area contributed by atoms with Crippen LogP contribution in [0.3, 0.4) is 0 Å². The standard InChI is InChI=1S/C7H8F6O2/c1-5(6(8,9)10,7(11,12)13)3-2-4(14)15/h2-3H2,1H3,(H,14,15). The van der Waals surface area contributed by atoms with Gasteiger partial charge in [-0.25, -0.2) is 0 Å². The topological polar surface area (TPSA) is 37.3 Å². The number of halogens is 6. The number of carboxylic acid groups (broad SMARTS) is 1. The summed E-state index contributed by atoms with van der Waals surface area (Å²) in [5.74, 6) is -1.70. The Morgan fingerprint density at radius 2 is 1.40 bits per heavy atom. The van der Waals surface area contributed by atoms with E-state index in [1.54, 1.807) is 0 Å². The van der Waals surface area contributed by atoms with Crippen LogP contribution in [0.5, 0.6) is 0 Å². The first kappa shape index (κ1) is 14.0. The van der Waals surface area contributed by atoms with E-state index in [0.29, 0.717) is 0 Å². The second-order valence-corrected chi connectivity index (χ2v) is 3.22. The molecule has 0 aliphatic rings. The van der Waals surface area contributed by atoms with Crippen LogP contribution in [0.1, 0.15) is 19.8 Å². The molecule has 0 aliphatic carbocycles. The van der Waals surface area contributed by atoms with Crippen molar-refractivity contribution in [2.24, 2.45) is 5.41 Å². The van der Waals surface area contributed by atoms with Gasteiger partial charge in [-0.05, 0) is 13.3 Å². The van der Waals surface area contributed by atoms with Crippen molar-refractivity contribution in [3.63, 3.8) is 0 Å². The Morgan fingerprint density at radius 1 is 1.07 bits per heavy atom. The van der Waals surface area contributed by atoms with Gasteiger partial charge in [0, 0.05) is 6.42 Å². The number of aliphatic carboxylic acids is 1. The van der Waals surface area contributed by atoms with E-state index in [1.807, 2.05) is 0 Å². The molecule has 0 saturated carbocycles. The van der Waals surface area contributed by atoms with E-state index in [4.69, 9.17) is 5.11 Å². The normalized spacial score (nSPS) is 14.1. The highest BCUT2D eigenvalue weighted by Gasteiger charge is 2.66. The van der Waals surface area contributed by atoms with Crippen LogP contribution < -0.4 is 0 Å². The zero-order valence-corrected chi connectivity index (χ0v) is 7.54. The number of hydrogen-bond acceptors (Lipinski definition) is 1. The van der Waals surface area contributed by atoms with Crippen molar-refractivity contribution in [3.05, 3.63) is 0 Å². The first-order chi connectivity index (χ1) is 6.42. The van der Waals surface area contributed by atoms with Gasteiger partial charge in [-0.3, -0.25) is 4.79 Å². The molecule has 0 saturated heterocycles. The summed E-state index contributed by atoms with van der Waals surface area (Å²) in [7, 11) is 0. The minimum absolute atomic E-state index is 0.0457. The first-order valence-corrected chi connectivity index (χ1v) is 3.77. The lowest BCUT2D eigenvalue weighted by Crippen LogP contribution is -2.47. The van der Waals surface area contributed by atoms with Crippen molar-refractivity contribution in [3.8, 4) is 0 Å². The Balaban J connectivity index is 4.98. The highest BCUT2D eigenvalue weighted by Crippen LogP contribution is 2.52. The van der Waals surface area contributed by atoms with Crippen LogP contribution in [0.15, 0.2) is 0 Å². The van der Waals surface area contributed by atoms with Gasteiger partial charge in [-0.2, -0.15) is 26.3 Å². The number of carbonyl (C=O) groups is 1. The summed E-state index contributed by atoms with van der Waals surface area (Å²) >= 11 is 0. The lowest BCUT2D eigenvalue weighted by Gasteiger charge is -2.33. The van der Waals surface area contributed by atoms with Crippen molar-refractivity contribution in [1.82, 2.24) is 0 Å². The lowest BCUT2D eigenvalue weighted by molar-refractivity contribution is -0.336. The van der Waals surface area contributed by atoms with Gasteiger partial charge < -0.3 is 5.11 Å². The van der Waals surface area contributed by atoms with Crippen LogP contribution in [0.2, 0.25) is 0 Å². The molecule has 90 valence electrons. The minimum atomic E-state index is -5.51. The van der Waals surface area contributed by atoms with Crippen molar-refractivity contribution in [2.45, 2.75) is 32.1 Å². The number of carboxylic acids is 1. The molecular formula is C7H8F6O2. The maximum Gasteiger partial charge on any atom is 0.402 e. The third-order valence-electron chi connectivity index (χ3n) is 2.09. The highest BCUT2D eigenvalue weighted by molar-refractivity contribution is 5.66. The molecule has 0 aromatic carbocycles. The van der Waals surface area contributed by atoms with Gasteiger partial charge in [-0.15, -0.1) is 0 Å². The Bertz CT molecular complexity index is 227. The number of rotatable bonds is 3. The van der Waals surface area contributed by atoms with Crippen molar-refractivity contribution in [2.75, 3.05) is 0 Å². The van der Waals surface area contributed by atoms with Crippen LogP contribution in [0.25, 0.3) is 0 Å². The fourth-order valence-corrected chi connectivity index (χ4v) is 0.801. The summed E-state index contributed by atoms with van der Waals surface area (Å²) < 4.78 is 72.8. The zero-order chi connectivity index (χ0) is 12.5. The number of alkyl halides is 6. The molecule has 0 atom stereocenters. The smallest absolute Gasteiger partial charge is 0.402 e. The average Bonchev–Trinajstić information content (AvgIpc) is 1.95. The molecule has 0 spiro atoms. The van der Waals surface area contributed by atoms with Crippen LogP contribution in [0, 0.1) is 5.41 Å². The summed E-state index contributed by atoms with van der Waals surface area (Å²) in [6.45, 7) is -0.0457. The van der Waals surface area contributed by atoms with E-state index in [2.05, 4.69) is 0 Å². The third kappa shape index (κ3) is 3.00. The Labute approximate surface area is 80.9 Å². The van der Waals surface area contributed by atoms with Gasteiger partial charge in [0.05, 0.1) is 0 Å². The van der Waals surface area contributed by atoms with E-state index in [1.165, 1.54) is 0 Å². The molecule has 0 rings (SSSR count). The lowest BCUT2D eigenvalue weighted by atomic mass is 9.84. The molecular weight excluding hydrogens is 230 g/mol. The summed E-state index contributed by atoms with van der Waals surface area (Å²) in [4.78, 5) is 9.97. The largest absolute Gasteiger partial charge is 0.481 e. The molecule has 0 aromatic heterocycles. The van der Waals surface area contributed by atoms with Crippen LogP contribution in [-0.2, 0) is 4.79 Å². The second-order valence-electron chi connectivity index (χ2n) is 3.22. The van der Waals surface area contributed by atoms with Gasteiger partial charge in [0.25, 0.3) is 0 Å². The molecule has 0 heterocycles. The predicted molar refractivity (Wildman–Crippen MR) is 37.1 cm³/mol. The fraction of sp³-hybridized carbons (Fsp3) is 0.857. The van der Waals surface area contributed by atoms with E-state index < -0.39 is 36.6 Å². The van der Waals surface area contributed by atoms with Crippen molar-refractivity contribution in [1.29, 1.82) is 0 Å². The molecule has 0 aliphatic heterocycles. The van der Waals surface area contributed by atoms with Crippen molar-refractivity contribution >= 4 is 5.97 Å².